The van der Waals surface area contributed by atoms with Crippen LogP contribution in [0.15, 0.2) is 42.5 Å². The highest BCUT2D eigenvalue weighted by Crippen LogP contribution is 2.22. The fourth-order valence-electron chi connectivity index (χ4n) is 2.63. The van der Waals surface area contributed by atoms with Crippen molar-refractivity contribution in [2.45, 2.75) is 19.9 Å². The number of carbonyl (C=O) groups excluding carboxylic acids is 1. The lowest BCUT2D eigenvalue weighted by Gasteiger charge is -2.09. The van der Waals surface area contributed by atoms with Gasteiger partial charge in [0.05, 0.1) is 12.3 Å². The fraction of sp³-hybridized carbons (Fsp3) is 0.211. The monoisotopic (exact) mass is 420 g/mol. The Kier molecular flexibility index (Phi) is 6.43. The molecule has 1 heterocycles. The van der Waals surface area contributed by atoms with Crippen LogP contribution in [0, 0.1) is 10.6 Å². The smallest absolute Gasteiger partial charge is 0.226 e. The van der Waals surface area contributed by atoms with Crippen LogP contribution >= 0.6 is 23.8 Å². The van der Waals surface area contributed by atoms with Gasteiger partial charge in [-0.3, -0.25) is 14.5 Å². The number of nitrogens with one attached hydrogen (secondary N) is 2. The van der Waals surface area contributed by atoms with Gasteiger partial charge in [0.2, 0.25) is 5.91 Å². The van der Waals surface area contributed by atoms with Crippen molar-refractivity contribution in [3.8, 4) is 17.1 Å². The van der Waals surface area contributed by atoms with E-state index < -0.39 is 5.82 Å². The third-order valence-corrected chi connectivity index (χ3v) is 4.50. The van der Waals surface area contributed by atoms with Crippen molar-refractivity contribution in [2.24, 2.45) is 0 Å². The summed E-state index contributed by atoms with van der Waals surface area (Å²) in [6, 6.07) is 11.5. The minimum Gasteiger partial charge on any atom is -0.494 e. The maximum Gasteiger partial charge on any atom is 0.226 e. The number of ether oxygens (including phenoxy) is 1. The van der Waals surface area contributed by atoms with Crippen molar-refractivity contribution in [3.63, 3.8) is 0 Å². The molecule has 9 heteroatoms. The summed E-state index contributed by atoms with van der Waals surface area (Å²) in [4.78, 5) is 12.2. The van der Waals surface area contributed by atoms with Gasteiger partial charge in [0, 0.05) is 23.6 Å². The molecule has 28 heavy (non-hydrogen) atoms. The molecular weight excluding hydrogens is 403 g/mol. The minimum absolute atomic E-state index is 0.0805. The normalized spacial score (nSPS) is 10.7. The predicted octanol–water partition coefficient (Wildman–Crippen LogP) is 4.83. The first-order chi connectivity index (χ1) is 13.5. The number of benzene rings is 2. The second-order valence-corrected chi connectivity index (χ2v) is 6.71. The predicted molar refractivity (Wildman–Crippen MR) is 109 cm³/mol. The topological polar surface area (TPSA) is 71.9 Å². The zero-order valence-corrected chi connectivity index (χ0v) is 16.6. The van der Waals surface area contributed by atoms with E-state index >= 15 is 0 Å². The lowest BCUT2D eigenvalue weighted by atomic mass is 10.2. The second-order valence-electron chi connectivity index (χ2n) is 5.88. The molecule has 146 valence electrons. The van der Waals surface area contributed by atoms with Crippen molar-refractivity contribution in [1.29, 1.82) is 0 Å². The number of rotatable bonds is 7. The van der Waals surface area contributed by atoms with Gasteiger partial charge < -0.3 is 10.1 Å². The molecule has 0 aliphatic carbocycles. The Morgan fingerprint density at radius 3 is 2.75 bits per heavy atom. The molecule has 0 spiro atoms. The van der Waals surface area contributed by atoms with Gasteiger partial charge in [-0.2, -0.15) is 5.10 Å². The van der Waals surface area contributed by atoms with E-state index in [1.165, 1.54) is 12.1 Å². The zero-order chi connectivity index (χ0) is 20.1. The van der Waals surface area contributed by atoms with Crippen molar-refractivity contribution in [2.75, 3.05) is 11.9 Å². The Balaban J connectivity index is 1.70. The molecule has 1 amide bonds. The standard InChI is InChI=1S/C19H18ClFN4O2S/c1-2-27-14-6-3-12(4-7-14)18-23-24-19(28)25(18)10-9-17(26)22-16-8-5-13(20)11-15(16)21/h3-8,11H,2,9-10H2,1H3,(H,22,26)(H,24,28). The van der Waals surface area contributed by atoms with Gasteiger partial charge in [0.15, 0.2) is 10.6 Å². The zero-order valence-electron chi connectivity index (χ0n) is 15.0. The maximum atomic E-state index is 13.8. The van der Waals surface area contributed by atoms with Crippen LogP contribution in [0.5, 0.6) is 5.75 Å². The fourth-order valence-corrected chi connectivity index (χ4v) is 3.01. The molecule has 2 aromatic carbocycles. The molecule has 1 aromatic heterocycles. The van der Waals surface area contributed by atoms with Crippen molar-refractivity contribution >= 4 is 35.4 Å². The van der Waals surface area contributed by atoms with E-state index in [1.807, 2.05) is 31.2 Å². The lowest BCUT2D eigenvalue weighted by molar-refractivity contribution is -0.116. The largest absolute Gasteiger partial charge is 0.494 e. The second kappa shape index (κ2) is 8.99. The van der Waals surface area contributed by atoms with Gasteiger partial charge in [-0.25, -0.2) is 4.39 Å². The first-order valence-electron chi connectivity index (χ1n) is 8.61. The quantitative estimate of drug-likeness (QED) is 0.537. The molecule has 0 aliphatic rings. The number of hydrogen-bond donors (Lipinski definition) is 2. The third kappa shape index (κ3) is 4.76. The van der Waals surface area contributed by atoms with Gasteiger partial charge in [-0.05, 0) is 61.6 Å². The van der Waals surface area contributed by atoms with Crippen LogP contribution in [-0.2, 0) is 11.3 Å². The van der Waals surface area contributed by atoms with E-state index in [0.29, 0.717) is 23.7 Å². The summed E-state index contributed by atoms with van der Waals surface area (Å²) < 4.78 is 21.4. The molecule has 0 aliphatic heterocycles. The van der Waals surface area contributed by atoms with E-state index in [9.17, 15) is 9.18 Å². The molecule has 0 fully saturated rings. The summed E-state index contributed by atoms with van der Waals surface area (Å²) in [6.07, 6.45) is 0.0972. The van der Waals surface area contributed by atoms with Crippen LogP contribution < -0.4 is 10.1 Å². The van der Waals surface area contributed by atoms with Crippen LogP contribution in [0.4, 0.5) is 10.1 Å². The van der Waals surface area contributed by atoms with E-state index in [2.05, 4.69) is 15.5 Å². The Morgan fingerprint density at radius 1 is 1.32 bits per heavy atom. The number of hydrogen-bond acceptors (Lipinski definition) is 4. The Morgan fingerprint density at radius 2 is 2.07 bits per heavy atom. The number of aromatic amines is 1. The van der Waals surface area contributed by atoms with Gasteiger partial charge in [0.1, 0.15) is 11.6 Å². The van der Waals surface area contributed by atoms with Crippen molar-refractivity contribution in [3.05, 3.63) is 58.1 Å². The molecule has 0 bridgehead atoms. The molecule has 0 saturated carbocycles. The minimum atomic E-state index is -0.587. The summed E-state index contributed by atoms with van der Waals surface area (Å²) >= 11 is 11.0. The first kappa shape index (κ1) is 20.0. The van der Waals surface area contributed by atoms with Crippen LogP contribution in [-0.4, -0.2) is 27.3 Å². The van der Waals surface area contributed by atoms with Gasteiger partial charge >= 0.3 is 0 Å². The highest BCUT2D eigenvalue weighted by Gasteiger charge is 2.12. The molecule has 6 nitrogen and oxygen atoms in total. The van der Waals surface area contributed by atoms with E-state index in [1.54, 1.807) is 4.57 Å². The molecule has 0 saturated heterocycles. The summed E-state index contributed by atoms with van der Waals surface area (Å²) in [7, 11) is 0. The molecule has 0 radical (unpaired) electrons. The number of anilines is 1. The number of amides is 1. The van der Waals surface area contributed by atoms with E-state index in [-0.39, 0.29) is 23.0 Å². The molecule has 0 unspecified atom stereocenters. The Labute approximate surface area is 171 Å². The van der Waals surface area contributed by atoms with E-state index in [4.69, 9.17) is 28.6 Å². The van der Waals surface area contributed by atoms with E-state index in [0.717, 1.165) is 17.4 Å². The number of halogens is 2. The van der Waals surface area contributed by atoms with Gasteiger partial charge in [-0.15, -0.1) is 0 Å². The highest BCUT2D eigenvalue weighted by atomic mass is 35.5. The number of nitrogens with zero attached hydrogens (tertiary/aromatic N) is 2. The molecule has 3 rings (SSSR count). The number of carbonyl (C=O) groups is 1. The summed E-state index contributed by atoms with van der Waals surface area (Å²) in [5.74, 6) is 0.438. The SMILES string of the molecule is CCOc1ccc(-c2n[nH]c(=S)n2CCC(=O)Nc2ccc(Cl)cc2F)cc1. The van der Waals surface area contributed by atoms with Crippen LogP contribution in [0.25, 0.3) is 11.4 Å². The number of H-pyrrole nitrogens is 1. The number of aromatic nitrogens is 3. The first-order valence-corrected chi connectivity index (χ1v) is 9.40. The molecule has 0 atom stereocenters. The van der Waals surface area contributed by atoms with Crippen LogP contribution in [0.2, 0.25) is 5.02 Å². The van der Waals surface area contributed by atoms with Crippen LogP contribution in [0.1, 0.15) is 13.3 Å². The maximum absolute atomic E-state index is 13.8. The highest BCUT2D eigenvalue weighted by molar-refractivity contribution is 7.71. The summed E-state index contributed by atoms with van der Waals surface area (Å²) in [5.41, 5.74) is 0.914. The lowest BCUT2D eigenvalue weighted by Crippen LogP contribution is -2.16. The molecule has 2 N–H and O–H groups in total. The molecule has 3 aromatic rings. The van der Waals surface area contributed by atoms with Crippen molar-refractivity contribution < 1.29 is 13.9 Å². The molecular formula is C19H18ClFN4O2S. The summed E-state index contributed by atoms with van der Waals surface area (Å²) in [6.45, 7) is 2.79. The van der Waals surface area contributed by atoms with Gasteiger partial charge in [-0.1, -0.05) is 11.6 Å². The summed E-state index contributed by atoms with van der Waals surface area (Å²) in [5, 5.41) is 9.79. The van der Waals surface area contributed by atoms with Crippen molar-refractivity contribution in [1.82, 2.24) is 14.8 Å². The van der Waals surface area contributed by atoms with Crippen LogP contribution in [0.3, 0.4) is 0 Å². The Bertz CT molecular complexity index is 1030. The third-order valence-electron chi connectivity index (χ3n) is 3.95. The van der Waals surface area contributed by atoms with Gasteiger partial charge in [0.25, 0.3) is 0 Å². The average molecular weight is 421 g/mol. The Hall–Kier alpha value is -2.71. The average Bonchev–Trinajstić information content (AvgIpc) is 3.04.